The Morgan fingerprint density at radius 3 is 2.63 bits per heavy atom. The first kappa shape index (κ1) is 12.8. The molecule has 1 aromatic heterocycles. The number of anilines is 1. The smallest absolute Gasteiger partial charge is 0.234 e. The molecule has 3 rings (SSSR count). The molecule has 0 radical (unpaired) electrons. The van der Waals surface area contributed by atoms with Gasteiger partial charge in [-0.2, -0.15) is 0 Å². The van der Waals surface area contributed by atoms with E-state index in [9.17, 15) is 0 Å². The van der Waals surface area contributed by atoms with E-state index in [1.165, 1.54) is 19.3 Å². The third-order valence-electron chi connectivity index (χ3n) is 3.41. The predicted molar refractivity (Wildman–Crippen MR) is 76.5 cm³/mol. The fraction of sp³-hybridized carbons (Fsp3) is 0.750. The van der Waals surface area contributed by atoms with Crippen molar-refractivity contribution in [3.8, 4) is 0 Å². The second-order valence-electron chi connectivity index (χ2n) is 4.81. The molecule has 0 unspecified atom stereocenters. The summed E-state index contributed by atoms with van der Waals surface area (Å²) in [5, 5.41) is 10.0. The molecule has 0 amide bonds. The summed E-state index contributed by atoms with van der Waals surface area (Å²) in [4.78, 5) is 8.91. The summed E-state index contributed by atoms with van der Waals surface area (Å²) in [7, 11) is 0. The van der Waals surface area contributed by atoms with Crippen molar-refractivity contribution in [1.82, 2.24) is 15.1 Å². The van der Waals surface area contributed by atoms with Crippen LogP contribution in [0.2, 0.25) is 0 Å². The maximum absolute atomic E-state index is 5.33. The molecule has 2 fully saturated rings. The van der Waals surface area contributed by atoms with Gasteiger partial charge in [0.1, 0.15) is 0 Å². The molecular weight excluding hydrogens is 262 g/mol. The second kappa shape index (κ2) is 6.29. The number of nitrogens with zero attached hydrogens (tertiary/aromatic N) is 5. The van der Waals surface area contributed by atoms with E-state index in [1.54, 1.807) is 11.3 Å². The Balaban J connectivity index is 1.59. The Kier molecular flexibility index (Phi) is 4.24. The lowest BCUT2D eigenvalue weighted by Gasteiger charge is -2.25. The van der Waals surface area contributed by atoms with Crippen molar-refractivity contribution in [2.75, 3.05) is 44.3 Å². The first-order valence-electron chi connectivity index (χ1n) is 6.86. The topological polar surface area (TPSA) is 53.9 Å². The molecule has 0 aromatic carbocycles. The zero-order valence-corrected chi connectivity index (χ0v) is 11.8. The van der Waals surface area contributed by atoms with Gasteiger partial charge in [0, 0.05) is 26.2 Å². The van der Waals surface area contributed by atoms with E-state index >= 15 is 0 Å². The lowest BCUT2D eigenvalue weighted by atomic mass is 10.1. The minimum absolute atomic E-state index is 0.743. The van der Waals surface area contributed by atoms with E-state index in [1.807, 2.05) is 6.34 Å². The van der Waals surface area contributed by atoms with Crippen LogP contribution in [0.15, 0.2) is 4.99 Å². The lowest BCUT2D eigenvalue weighted by Crippen LogP contribution is -2.36. The van der Waals surface area contributed by atoms with Crippen LogP contribution in [0.5, 0.6) is 0 Å². The zero-order valence-electron chi connectivity index (χ0n) is 11.0. The van der Waals surface area contributed by atoms with Crippen LogP contribution in [-0.2, 0) is 4.74 Å². The van der Waals surface area contributed by atoms with Crippen molar-refractivity contribution < 1.29 is 4.74 Å². The van der Waals surface area contributed by atoms with Crippen molar-refractivity contribution in [1.29, 1.82) is 0 Å². The molecule has 0 spiro atoms. The molecule has 2 saturated heterocycles. The van der Waals surface area contributed by atoms with E-state index in [2.05, 4.69) is 25.0 Å². The van der Waals surface area contributed by atoms with Gasteiger partial charge < -0.3 is 14.5 Å². The molecule has 19 heavy (non-hydrogen) atoms. The zero-order chi connectivity index (χ0) is 12.9. The van der Waals surface area contributed by atoms with Crippen LogP contribution in [0.1, 0.15) is 19.3 Å². The molecular formula is C12H19N5OS. The highest BCUT2D eigenvalue weighted by Crippen LogP contribution is 2.26. The van der Waals surface area contributed by atoms with Crippen molar-refractivity contribution in [3.63, 3.8) is 0 Å². The lowest BCUT2D eigenvalue weighted by molar-refractivity contribution is 0.122. The SMILES string of the molecule is C(=N\c1nnc(N2CCOCC2)s1)/N1CCCCC1. The van der Waals surface area contributed by atoms with Crippen molar-refractivity contribution >= 4 is 27.9 Å². The molecule has 2 aliphatic heterocycles. The Morgan fingerprint density at radius 1 is 1.05 bits per heavy atom. The van der Waals surface area contributed by atoms with Gasteiger partial charge in [0.05, 0.1) is 19.6 Å². The van der Waals surface area contributed by atoms with Gasteiger partial charge in [-0.1, -0.05) is 11.3 Å². The second-order valence-corrected chi connectivity index (χ2v) is 5.74. The van der Waals surface area contributed by atoms with E-state index in [-0.39, 0.29) is 0 Å². The van der Waals surface area contributed by atoms with Gasteiger partial charge >= 0.3 is 0 Å². The van der Waals surface area contributed by atoms with Crippen molar-refractivity contribution in [2.45, 2.75) is 19.3 Å². The molecule has 6 nitrogen and oxygen atoms in total. The molecule has 2 aliphatic rings. The molecule has 0 N–H and O–H groups in total. The van der Waals surface area contributed by atoms with Gasteiger partial charge in [0.25, 0.3) is 0 Å². The van der Waals surface area contributed by atoms with Crippen LogP contribution >= 0.6 is 11.3 Å². The molecule has 0 aliphatic carbocycles. The van der Waals surface area contributed by atoms with Crippen LogP contribution in [0.4, 0.5) is 10.3 Å². The monoisotopic (exact) mass is 281 g/mol. The Morgan fingerprint density at radius 2 is 1.84 bits per heavy atom. The summed E-state index contributed by atoms with van der Waals surface area (Å²) in [6.07, 6.45) is 5.79. The number of hydrogen-bond donors (Lipinski definition) is 0. The summed E-state index contributed by atoms with van der Waals surface area (Å²) in [6, 6.07) is 0. The van der Waals surface area contributed by atoms with Gasteiger partial charge in [-0.3, -0.25) is 0 Å². The molecule has 0 saturated carbocycles. The average Bonchev–Trinajstić information content (AvgIpc) is 2.96. The summed E-state index contributed by atoms with van der Waals surface area (Å²) in [5.74, 6) is 0. The summed E-state index contributed by atoms with van der Waals surface area (Å²) in [5.41, 5.74) is 0. The number of aliphatic imine (C=N–C) groups is 1. The van der Waals surface area contributed by atoms with E-state index in [0.29, 0.717) is 0 Å². The van der Waals surface area contributed by atoms with E-state index in [0.717, 1.165) is 49.7 Å². The predicted octanol–water partition coefficient (Wildman–Crippen LogP) is 1.52. The van der Waals surface area contributed by atoms with Crippen molar-refractivity contribution in [2.24, 2.45) is 4.99 Å². The van der Waals surface area contributed by atoms with Gasteiger partial charge in [-0.15, -0.1) is 10.2 Å². The number of hydrogen-bond acceptors (Lipinski definition) is 6. The highest BCUT2D eigenvalue weighted by Gasteiger charge is 2.15. The maximum atomic E-state index is 5.33. The van der Waals surface area contributed by atoms with Crippen LogP contribution in [0.25, 0.3) is 0 Å². The molecule has 1 aromatic rings. The normalized spacial score (nSPS) is 21.3. The van der Waals surface area contributed by atoms with E-state index in [4.69, 9.17) is 4.74 Å². The highest BCUT2D eigenvalue weighted by atomic mass is 32.1. The first-order valence-corrected chi connectivity index (χ1v) is 7.68. The summed E-state index contributed by atoms with van der Waals surface area (Å²) in [6.45, 7) is 5.55. The number of piperidine rings is 1. The van der Waals surface area contributed by atoms with E-state index < -0.39 is 0 Å². The third kappa shape index (κ3) is 3.42. The molecule has 0 bridgehead atoms. The fourth-order valence-corrected chi connectivity index (χ4v) is 3.05. The minimum Gasteiger partial charge on any atom is -0.378 e. The Hall–Kier alpha value is -1.21. The van der Waals surface area contributed by atoms with Gasteiger partial charge in [-0.05, 0) is 19.3 Å². The quantitative estimate of drug-likeness (QED) is 0.621. The number of rotatable bonds is 3. The minimum atomic E-state index is 0.743. The average molecular weight is 281 g/mol. The third-order valence-corrected chi connectivity index (χ3v) is 4.30. The Bertz CT molecular complexity index is 424. The van der Waals surface area contributed by atoms with Crippen LogP contribution in [0.3, 0.4) is 0 Å². The number of aromatic nitrogens is 2. The standard InChI is InChI=1S/C12H19N5OS/c1-2-4-16(5-3-1)10-13-11-14-15-12(19-11)17-6-8-18-9-7-17/h10H,1-9H2/b13-10+. The summed E-state index contributed by atoms with van der Waals surface area (Å²) >= 11 is 1.55. The molecule has 3 heterocycles. The Labute approximate surface area is 117 Å². The van der Waals surface area contributed by atoms with Gasteiger partial charge in [0.15, 0.2) is 0 Å². The maximum Gasteiger partial charge on any atom is 0.234 e. The highest BCUT2D eigenvalue weighted by molar-refractivity contribution is 7.18. The summed E-state index contributed by atoms with van der Waals surface area (Å²) < 4.78 is 5.33. The fourth-order valence-electron chi connectivity index (χ4n) is 2.31. The number of ether oxygens (including phenoxy) is 1. The number of likely N-dealkylation sites (tertiary alicyclic amines) is 1. The van der Waals surface area contributed by atoms with Crippen LogP contribution in [0, 0.1) is 0 Å². The first-order chi connectivity index (χ1) is 9.42. The largest absolute Gasteiger partial charge is 0.378 e. The molecule has 7 heteroatoms. The van der Waals surface area contributed by atoms with Crippen LogP contribution < -0.4 is 4.90 Å². The molecule has 104 valence electrons. The van der Waals surface area contributed by atoms with Crippen LogP contribution in [-0.4, -0.2) is 60.8 Å². The van der Waals surface area contributed by atoms with Gasteiger partial charge in [0.2, 0.25) is 10.3 Å². The number of morpholine rings is 1. The van der Waals surface area contributed by atoms with Gasteiger partial charge in [-0.25, -0.2) is 4.99 Å². The van der Waals surface area contributed by atoms with Crippen molar-refractivity contribution in [3.05, 3.63) is 0 Å². The molecule has 0 atom stereocenters.